The van der Waals surface area contributed by atoms with E-state index in [9.17, 15) is 0 Å². The first-order valence-electron chi connectivity index (χ1n) is 4.70. The smallest absolute Gasteiger partial charge is 0.163 e. The molecule has 0 bridgehead atoms. The van der Waals surface area contributed by atoms with Crippen LogP contribution in [0, 0.1) is 0 Å². The molecule has 0 N–H and O–H groups in total. The molecular formula is C9H10N4O. The normalized spacial score (nSPS) is 21.9. The Morgan fingerprint density at radius 3 is 3.29 bits per heavy atom. The highest BCUT2D eigenvalue weighted by Gasteiger charge is 2.20. The number of hydrogen-bond donors (Lipinski definition) is 0. The van der Waals surface area contributed by atoms with Crippen LogP contribution in [0.15, 0.2) is 18.7 Å². The van der Waals surface area contributed by atoms with Gasteiger partial charge in [0, 0.05) is 12.8 Å². The molecule has 1 aliphatic rings. The van der Waals surface area contributed by atoms with Crippen molar-refractivity contribution < 1.29 is 4.74 Å². The molecule has 3 heterocycles. The van der Waals surface area contributed by atoms with E-state index >= 15 is 0 Å². The summed E-state index contributed by atoms with van der Waals surface area (Å²) < 4.78 is 7.38. The summed E-state index contributed by atoms with van der Waals surface area (Å²) in [5, 5.41) is 5.23. The van der Waals surface area contributed by atoms with Gasteiger partial charge in [0.05, 0.1) is 11.6 Å². The van der Waals surface area contributed by atoms with Gasteiger partial charge < -0.3 is 4.74 Å². The summed E-state index contributed by atoms with van der Waals surface area (Å²) in [6, 6.07) is 0. The van der Waals surface area contributed by atoms with E-state index in [0.29, 0.717) is 0 Å². The van der Waals surface area contributed by atoms with Crippen LogP contribution in [0.5, 0.6) is 0 Å². The van der Waals surface area contributed by atoms with Crippen LogP contribution in [0.3, 0.4) is 0 Å². The van der Waals surface area contributed by atoms with Gasteiger partial charge in [-0.05, 0) is 12.8 Å². The van der Waals surface area contributed by atoms with Crippen molar-refractivity contribution >= 4 is 11.0 Å². The molecule has 2 aromatic rings. The molecule has 0 aliphatic carbocycles. The van der Waals surface area contributed by atoms with Crippen LogP contribution in [0.2, 0.25) is 0 Å². The van der Waals surface area contributed by atoms with E-state index in [2.05, 4.69) is 15.1 Å². The van der Waals surface area contributed by atoms with E-state index in [-0.39, 0.29) is 6.23 Å². The molecule has 0 spiro atoms. The number of ether oxygens (including phenoxy) is 1. The molecule has 1 aliphatic heterocycles. The van der Waals surface area contributed by atoms with E-state index in [1.54, 1.807) is 12.4 Å². The molecule has 5 heteroatoms. The highest BCUT2D eigenvalue weighted by molar-refractivity contribution is 5.72. The minimum Gasteiger partial charge on any atom is -0.356 e. The number of nitrogens with zero attached hydrogens (tertiary/aromatic N) is 4. The fraction of sp³-hybridized carbons (Fsp3) is 0.444. The molecule has 1 atom stereocenters. The molecule has 5 nitrogen and oxygen atoms in total. The molecule has 14 heavy (non-hydrogen) atoms. The van der Waals surface area contributed by atoms with Crippen LogP contribution in [-0.2, 0) is 4.74 Å². The Kier molecular flexibility index (Phi) is 1.70. The van der Waals surface area contributed by atoms with Crippen molar-refractivity contribution in [2.75, 3.05) is 6.61 Å². The Morgan fingerprint density at radius 2 is 2.43 bits per heavy atom. The molecule has 0 aromatic carbocycles. The molecule has 3 rings (SSSR count). The van der Waals surface area contributed by atoms with Crippen molar-refractivity contribution in [3.8, 4) is 0 Å². The van der Waals surface area contributed by atoms with Crippen LogP contribution in [0.25, 0.3) is 11.0 Å². The van der Waals surface area contributed by atoms with Crippen LogP contribution in [-0.4, -0.2) is 26.4 Å². The average Bonchev–Trinajstić information content (AvgIpc) is 2.85. The first-order valence-corrected chi connectivity index (χ1v) is 4.70. The van der Waals surface area contributed by atoms with Crippen molar-refractivity contribution in [3.63, 3.8) is 0 Å². The number of aromatic nitrogens is 4. The van der Waals surface area contributed by atoms with Gasteiger partial charge in [0.1, 0.15) is 6.33 Å². The summed E-state index contributed by atoms with van der Waals surface area (Å²) in [5.74, 6) is 0. The molecule has 72 valence electrons. The fourth-order valence-electron chi connectivity index (χ4n) is 1.76. The topological polar surface area (TPSA) is 52.8 Å². The van der Waals surface area contributed by atoms with E-state index in [1.807, 2.05) is 4.68 Å². The van der Waals surface area contributed by atoms with E-state index < -0.39 is 0 Å². The van der Waals surface area contributed by atoms with Gasteiger partial charge in [0.15, 0.2) is 11.9 Å². The lowest BCUT2D eigenvalue weighted by Gasteiger charge is -2.09. The zero-order chi connectivity index (χ0) is 9.38. The SMILES string of the molecule is c1ncc2cnn(C3CCCO3)c2n1. The maximum Gasteiger partial charge on any atom is 0.163 e. The minimum absolute atomic E-state index is 0.0578. The van der Waals surface area contributed by atoms with E-state index in [0.717, 1.165) is 30.5 Å². The zero-order valence-corrected chi connectivity index (χ0v) is 7.63. The third kappa shape index (κ3) is 1.09. The maximum absolute atomic E-state index is 5.55. The third-order valence-corrected chi connectivity index (χ3v) is 2.44. The molecule has 2 aromatic heterocycles. The van der Waals surface area contributed by atoms with Gasteiger partial charge >= 0.3 is 0 Å². The van der Waals surface area contributed by atoms with Gasteiger partial charge in [0.2, 0.25) is 0 Å². The van der Waals surface area contributed by atoms with Gasteiger partial charge in [-0.3, -0.25) is 0 Å². The molecule has 1 saturated heterocycles. The van der Waals surface area contributed by atoms with Gasteiger partial charge in [-0.15, -0.1) is 0 Å². The Balaban J connectivity index is 2.11. The highest BCUT2D eigenvalue weighted by atomic mass is 16.5. The number of fused-ring (bicyclic) bond motifs is 1. The fourth-order valence-corrected chi connectivity index (χ4v) is 1.76. The summed E-state index contributed by atoms with van der Waals surface area (Å²) in [6.45, 7) is 0.817. The van der Waals surface area contributed by atoms with Crippen molar-refractivity contribution in [1.82, 2.24) is 19.7 Å². The van der Waals surface area contributed by atoms with Gasteiger partial charge in [-0.2, -0.15) is 5.10 Å². The Hall–Kier alpha value is -1.49. The van der Waals surface area contributed by atoms with Crippen molar-refractivity contribution in [2.24, 2.45) is 0 Å². The molecule has 0 saturated carbocycles. The van der Waals surface area contributed by atoms with E-state index in [4.69, 9.17) is 4.74 Å². The predicted molar refractivity (Wildman–Crippen MR) is 49.5 cm³/mol. The zero-order valence-electron chi connectivity index (χ0n) is 7.63. The molecular weight excluding hydrogens is 180 g/mol. The summed E-state index contributed by atoms with van der Waals surface area (Å²) in [6.07, 6.45) is 7.24. The Morgan fingerprint density at radius 1 is 1.43 bits per heavy atom. The van der Waals surface area contributed by atoms with Crippen molar-refractivity contribution in [3.05, 3.63) is 18.7 Å². The average molecular weight is 190 g/mol. The summed E-state index contributed by atoms with van der Waals surface area (Å²) in [5.41, 5.74) is 0.854. The maximum atomic E-state index is 5.55. The molecule has 1 fully saturated rings. The van der Waals surface area contributed by atoms with Gasteiger partial charge in [-0.1, -0.05) is 0 Å². The predicted octanol–water partition coefficient (Wildman–Crippen LogP) is 1.14. The summed E-state index contributed by atoms with van der Waals surface area (Å²) >= 11 is 0. The lowest BCUT2D eigenvalue weighted by atomic mass is 10.3. The second-order valence-electron chi connectivity index (χ2n) is 3.36. The first kappa shape index (κ1) is 7.87. The van der Waals surface area contributed by atoms with Crippen molar-refractivity contribution in [2.45, 2.75) is 19.1 Å². The van der Waals surface area contributed by atoms with Gasteiger partial charge in [-0.25, -0.2) is 14.6 Å². The van der Waals surface area contributed by atoms with E-state index in [1.165, 1.54) is 6.33 Å². The standard InChI is InChI=1S/C9H10N4O/c1-2-8(14-3-1)13-9-7(5-12-13)4-10-6-11-9/h4-6,8H,1-3H2. The highest BCUT2D eigenvalue weighted by Crippen LogP contribution is 2.24. The largest absolute Gasteiger partial charge is 0.356 e. The lowest BCUT2D eigenvalue weighted by molar-refractivity contribution is 0.0498. The Labute approximate surface area is 80.7 Å². The summed E-state index contributed by atoms with van der Waals surface area (Å²) in [4.78, 5) is 8.14. The third-order valence-electron chi connectivity index (χ3n) is 2.44. The monoisotopic (exact) mass is 190 g/mol. The number of hydrogen-bond acceptors (Lipinski definition) is 4. The second-order valence-corrected chi connectivity index (χ2v) is 3.36. The first-order chi connectivity index (χ1) is 6.95. The quantitative estimate of drug-likeness (QED) is 0.676. The molecule has 1 unspecified atom stereocenters. The van der Waals surface area contributed by atoms with Crippen molar-refractivity contribution in [1.29, 1.82) is 0 Å². The Bertz CT molecular complexity index is 447. The van der Waals surface area contributed by atoms with Gasteiger partial charge in [0.25, 0.3) is 0 Å². The van der Waals surface area contributed by atoms with Crippen LogP contribution in [0.4, 0.5) is 0 Å². The second kappa shape index (κ2) is 3.02. The van der Waals surface area contributed by atoms with Crippen LogP contribution < -0.4 is 0 Å². The minimum atomic E-state index is 0.0578. The summed E-state index contributed by atoms with van der Waals surface area (Å²) in [7, 11) is 0. The van der Waals surface area contributed by atoms with Crippen LogP contribution >= 0.6 is 0 Å². The lowest BCUT2D eigenvalue weighted by Crippen LogP contribution is -2.09. The number of rotatable bonds is 1. The molecule has 0 amide bonds. The van der Waals surface area contributed by atoms with Crippen LogP contribution in [0.1, 0.15) is 19.1 Å². The molecule has 0 radical (unpaired) electrons.